The van der Waals surface area contributed by atoms with Crippen LogP contribution in [0.15, 0.2) is 53.1 Å². The van der Waals surface area contributed by atoms with Gasteiger partial charge < -0.3 is 14.2 Å². The summed E-state index contributed by atoms with van der Waals surface area (Å²) >= 11 is 0. The summed E-state index contributed by atoms with van der Waals surface area (Å²) in [6.07, 6.45) is 0.0568. The van der Waals surface area contributed by atoms with Crippen LogP contribution in [-0.4, -0.2) is 34.0 Å². The molecule has 7 heteroatoms. The normalized spacial score (nSPS) is 14.0. The molecule has 2 aromatic carbocycles. The molecule has 0 spiro atoms. The second-order valence-corrected chi connectivity index (χ2v) is 6.91. The van der Waals surface area contributed by atoms with Gasteiger partial charge in [0.05, 0.1) is 12.3 Å². The molecule has 28 heavy (non-hydrogen) atoms. The molecule has 0 unspecified atom stereocenters. The Morgan fingerprint density at radius 3 is 2.71 bits per heavy atom. The summed E-state index contributed by atoms with van der Waals surface area (Å²) < 4.78 is 24.5. The van der Waals surface area contributed by atoms with Crippen molar-refractivity contribution in [1.29, 1.82) is 0 Å². The number of aromatic nitrogens is 2. The summed E-state index contributed by atoms with van der Waals surface area (Å²) in [5.41, 5.74) is 1.57. The van der Waals surface area contributed by atoms with Crippen LogP contribution >= 0.6 is 0 Å². The van der Waals surface area contributed by atoms with E-state index in [0.29, 0.717) is 30.4 Å². The first-order chi connectivity index (χ1) is 13.6. The fraction of sp³-hybridized carbons (Fsp3) is 0.286. The van der Waals surface area contributed by atoms with Crippen molar-refractivity contribution in [3.8, 4) is 5.75 Å². The van der Waals surface area contributed by atoms with E-state index in [9.17, 15) is 9.18 Å². The first kappa shape index (κ1) is 18.2. The number of nitrogens with zero attached hydrogens (tertiary/aromatic N) is 3. The maximum absolute atomic E-state index is 13.7. The summed E-state index contributed by atoms with van der Waals surface area (Å²) in [6, 6.07) is 14.0. The van der Waals surface area contributed by atoms with Gasteiger partial charge in [0.1, 0.15) is 11.6 Å². The van der Waals surface area contributed by atoms with E-state index in [2.05, 4.69) is 10.1 Å². The molecule has 1 aromatic heterocycles. The Bertz CT molecular complexity index is 965. The van der Waals surface area contributed by atoms with E-state index in [1.807, 2.05) is 31.2 Å². The lowest BCUT2D eigenvalue weighted by molar-refractivity contribution is -0.135. The molecule has 1 aliphatic heterocycles. The molecule has 1 amide bonds. The number of carbonyl (C=O) groups excluding carboxylic acids is 1. The van der Waals surface area contributed by atoms with Crippen molar-refractivity contribution in [2.45, 2.75) is 25.9 Å². The van der Waals surface area contributed by atoms with Crippen LogP contribution in [0.5, 0.6) is 5.75 Å². The van der Waals surface area contributed by atoms with Gasteiger partial charge in [-0.3, -0.25) is 4.79 Å². The summed E-state index contributed by atoms with van der Waals surface area (Å²) in [7, 11) is 0. The van der Waals surface area contributed by atoms with E-state index in [1.54, 1.807) is 23.1 Å². The average molecular weight is 381 g/mol. The van der Waals surface area contributed by atoms with Crippen LogP contribution in [0, 0.1) is 12.7 Å². The quantitative estimate of drug-likeness (QED) is 0.656. The third-order valence-corrected chi connectivity index (χ3v) is 4.77. The molecule has 0 saturated carbocycles. The second-order valence-electron chi connectivity index (χ2n) is 6.91. The number of likely N-dealkylation sites (tertiary alicyclic amines) is 1. The highest BCUT2D eigenvalue weighted by Gasteiger charge is 2.35. The number of ether oxygens (including phenoxy) is 1. The Labute approximate surface area is 161 Å². The van der Waals surface area contributed by atoms with Gasteiger partial charge in [0, 0.05) is 13.1 Å². The Balaban J connectivity index is 1.27. The number of benzene rings is 2. The van der Waals surface area contributed by atoms with Crippen molar-refractivity contribution in [2.75, 3.05) is 13.1 Å². The van der Waals surface area contributed by atoms with Crippen LogP contribution in [0.25, 0.3) is 0 Å². The van der Waals surface area contributed by atoms with Crippen LogP contribution in [0.4, 0.5) is 4.39 Å². The van der Waals surface area contributed by atoms with Crippen LogP contribution in [0.1, 0.15) is 28.8 Å². The second kappa shape index (κ2) is 7.80. The molecule has 0 N–H and O–H groups in total. The van der Waals surface area contributed by atoms with E-state index >= 15 is 0 Å². The number of hydrogen-bond acceptors (Lipinski definition) is 5. The van der Waals surface area contributed by atoms with Crippen molar-refractivity contribution in [2.24, 2.45) is 0 Å². The number of halogens is 1. The van der Waals surface area contributed by atoms with Gasteiger partial charge in [0.2, 0.25) is 5.91 Å². The maximum atomic E-state index is 13.7. The molecule has 1 saturated heterocycles. The molecule has 0 bridgehead atoms. The highest BCUT2D eigenvalue weighted by molar-refractivity contribution is 5.79. The third-order valence-electron chi connectivity index (χ3n) is 4.77. The summed E-state index contributed by atoms with van der Waals surface area (Å²) in [4.78, 5) is 18.3. The van der Waals surface area contributed by atoms with Crippen LogP contribution in [0.2, 0.25) is 0 Å². The molecule has 1 aliphatic rings. The fourth-order valence-electron chi connectivity index (χ4n) is 3.03. The van der Waals surface area contributed by atoms with E-state index in [1.165, 1.54) is 6.07 Å². The molecule has 2 heterocycles. The van der Waals surface area contributed by atoms with Crippen molar-refractivity contribution in [3.05, 3.63) is 77.2 Å². The van der Waals surface area contributed by atoms with Crippen molar-refractivity contribution < 1.29 is 18.4 Å². The lowest BCUT2D eigenvalue weighted by atomic mass is 9.98. The minimum absolute atomic E-state index is 0.0291. The molecular weight excluding hydrogens is 361 g/mol. The van der Waals surface area contributed by atoms with Gasteiger partial charge in [-0.05, 0) is 30.7 Å². The molecule has 0 radical (unpaired) electrons. The zero-order chi connectivity index (χ0) is 19.5. The first-order valence-corrected chi connectivity index (χ1v) is 9.11. The third kappa shape index (κ3) is 4.03. The Morgan fingerprint density at radius 2 is 1.96 bits per heavy atom. The van der Waals surface area contributed by atoms with Crippen molar-refractivity contribution in [1.82, 2.24) is 15.0 Å². The van der Waals surface area contributed by atoms with Gasteiger partial charge in [0.25, 0.3) is 5.89 Å². The van der Waals surface area contributed by atoms with E-state index < -0.39 is 0 Å². The summed E-state index contributed by atoms with van der Waals surface area (Å²) in [6.45, 7) is 3.21. The molecule has 0 atom stereocenters. The highest BCUT2D eigenvalue weighted by atomic mass is 19.1. The van der Waals surface area contributed by atoms with Crippen LogP contribution in [-0.2, 0) is 17.8 Å². The maximum Gasteiger partial charge on any atom is 0.264 e. The topological polar surface area (TPSA) is 68.5 Å². The number of hydrogen-bond donors (Lipinski definition) is 0. The van der Waals surface area contributed by atoms with Crippen molar-refractivity contribution >= 4 is 5.91 Å². The summed E-state index contributed by atoms with van der Waals surface area (Å²) in [5.74, 6) is 1.27. The van der Waals surface area contributed by atoms with Gasteiger partial charge in [-0.2, -0.15) is 4.98 Å². The monoisotopic (exact) mass is 381 g/mol. The SMILES string of the molecule is Cc1ccc(OCc2nc(C3CN(C(=O)Cc4ccccc4F)C3)no2)cc1. The number of rotatable bonds is 6. The van der Waals surface area contributed by atoms with Gasteiger partial charge >= 0.3 is 0 Å². The highest BCUT2D eigenvalue weighted by Crippen LogP contribution is 2.26. The van der Waals surface area contributed by atoms with Gasteiger partial charge in [-0.15, -0.1) is 0 Å². The Kier molecular flexibility index (Phi) is 5.06. The first-order valence-electron chi connectivity index (χ1n) is 9.11. The largest absolute Gasteiger partial charge is 0.484 e. The molecule has 3 aromatic rings. The molecule has 4 rings (SSSR count). The van der Waals surface area contributed by atoms with Gasteiger partial charge in [-0.25, -0.2) is 4.39 Å². The lowest BCUT2D eigenvalue weighted by Gasteiger charge is -2.37. The van der Waals surface area contributed by atoms with Crippen LogP contribution in [0.3, 0.4) is 0 Å². The fourth-order valence-corrected chi connectivity index (χ4v) is 3.03. The standard InChI is InChI=1S/C21H20FN3O3/c1-14-6-8-17(9-7-14)27-13-19-23-21(24-28-19)16-11-25(12-16)20(26)10-15-4-2-3-5-18(15)22/h2-9,16H,10-13H2,1H3. The molecule has 1 fully saturated rings. The molecule has 0 aliphatic carbocycles. The minimum Gasteiger partial charge on any atom is -0.484 e. The average Bonchev–Trinajstić information content (AvgIpc) is 3.10. The van der Waals surface area contributed by atoms with E-state index in [0.717, 1.165) is 11.3 Å². The number of carbonyl (C=O) groups is 1. The van der Waals surface area contributed by atoms with Crippen molar-refractivity contribution in [3.63, 3.8) is 0 Å². The Hall–Kier alpha value is -3.22. The number of aryl methyl sites for hydroxylation is 1. The molecule has 6 nitrogen and oxygen atoms in total. The minimum atomic E-state index is -0.357. The lowest BCUT2D eigenvalue weighted by Crippen LogP contribution is -2.49. The predicted molar refractivity (Wildman–Crippen MR) is 99.2 cm³/mol. The number of amides is 1. The van der Waals surface area contributed by atoms with Gasteiger partial charge in [-0.1, -0.05) is 41.1 Å². The molecule has 144 valence electrons. The smallest absolute Gasteiger partial charge is 0.264 e. The molecular formula is C21H20FN3O3. The van der Waals surface area contributed by atoms with Crippen LogP contribution < -0.4 is 4.74 Å². The summed E-state index contributed by atoms with van der Waals surface area (Å²) in [5, 5.41) is 3.99. The zero-order valence-electron chi connectivity index (χ0n) is 15.5. The predicted octanol–water partition coefficient (Wildman–Crippen LogP) is 3.26. The van der Waals surface area contributed by atoms with E-state index in [-0.39, 0.29) is 30.7 Å². The van der Waals surface area contributed by atoms with E-state index in [4.69, 9.17) is 9.26 Å². The van der Waals surface area contributed by atoms with Gasteiger partial charge in [0.15, 0.2) is 12.4 Å². The Morgan fingerprint density at radius 1 is 1.21 bits per heavy atom. The zero-order valence-corrected chi connectivity index (χ0v) is 15.5.